The molecule has 1 aromatic heterocycles. The summed E-state index contributed by atoms with van der Waals surface area (Å²) in [4.78, 5) is 17.0. The second-order valence-electron chi connectivity index (χ2n) is 4.50. The van der Waals surface area contributed by atoms with Crippen molar-refractivity contribution < 1.29 is 9.53 Å². The fourth-order valence-corrected chi connectivity index (χ4v) is 2.55. The minimum atomic E-state index is -0.102. The molecule has 1 aromatic carbocycles. The summed E-state index contributed by atoms with van der Waals surface area (Å²) in [6.07, 6.45) is 2.66. The Hall–Kier alpha value is -1.88. The van der Waals surface area contributed by atoms with Crippen LogP contribution in [0.1, 0.15) is 15.4 Å². The van der Waals surface area contributed by atoms with Crippen LogP contribution in [0.25, 0.3) is 0 Å². The van der Waals surface area contributed by atoms with Gasteiger partial charge < -0.3 is 10.1 Å². The summed E-state index contributed by atoms with van der Waals surface area (Å²) < 4.78 is 5.48. The summed E-state index contributed by atoms with van der Waals surface area (Å²) in [5.74, 6) is 0.648. The standard InChI is InChI=1S/C15H18N2O2S/c1-11-5-3-4-6-14(11)19-10-15(18)16-8-7-13-9-17-12(2)20-13/h3-6,9H,7-8,10H2,1-2H3,(H,16,18). The first-order valence-corrected chi connectivity index (χ1v) is 7.33. The highest BCUT2D eigenvalue weighted by Gasteiger charge is 2.04. The van der Waals surface area contributed by atoms with E-state index in [2.05, 4.69) is 10.3 Å². The highest BCUT2D eigenvalue weighted by Crippen LogP contribution is 2.15. The summed E-state index contributed by atoms with van der Waals surface area (Å²) in [5.41, 5.74) is 1.03. The SMILES string of the molecule is Cc1ncc(CCNC(=O)COc2ccccc2C)s1. The van der Waals surface area contributed by atoms with Gasteiger partial charge in [-0.05, 0) is 25.5 Å². The Morgan fingerprint density at radius 3 is 2.85 bits per heavy atom. The van der Waals surface area contributed by atoms with Gasteiger partial charge in [-0.3, -0.25) is 4.79 Å². The van der Waals surface area contributed by atoms with Crippen LogP contribution >= 0.6 is 11.3 Å². The van der Waals surface area contributed by atoms with Gasteiger partial charge in [0.05, 0.1) is 5.01 Å². The van der Waals surface area contributed by atoms with E-state index in [0.717, 1.165) is 22.7 Å². The molecule has 0 unspecified atom stereocenters. The van der Waals surface area contributed by atoms with E-state index < -0.39 is 0 Å². The lowest BCUT2D eigenvalue weighted by Gasteiger charge is -2.08. The fourth-order valence-electron chi connectivity index (χ4n) is 1.76. The van der Waals surface area contributed by atoms with Crippen LogP contribution in [0, 0.1) is 13.8 Å². The molecule has 0 radical (unpaired) electrons. The lowest BCUT2D eigenvalue weighted by Crippen LogP contribution is -2.30. The molecule has 0 aliphatic carbocycles. The molecule has 0 saturated carbocycles. The quantitative estimate of drug-likeness (QED) is 0.889. The number of amides is 1. The molecule has 0 bridgehead atoms. The topological polar surface area (TPSA) is 51.2 Å². The van der Waals surface area contributed by atoms with Gasteiger partial charge in [-0.15, -0.1) is 11.3 Å². The lowest BCUT2D eigenvalue weighted by atomic mass is 10.2. The second-order valence-corrected chi connectivity index (χ2v) is 5.82. The van der Waals surface area contributed by atoms with Gasteiger partial charge >= 0.3 is 0 Å². The van der Waals surface area contributed by atoms with E-state index in [1.807, 2.05) is 44.3 Å². The molecule has 0 saturated heterocycles. The van der Waals surface area contributed by atoms with E-state index in [4.69, 9.17) is 4.74 Å². The summed E-state index contributed by atoms with van der Waals surface area (Å²) in [6.45, 7) is 4.59. The van der Waals surface area contributed by atoms with E-state index in [1.54, 1.807) is 11.3 Å². The van der Waals surface area contributed by atoms with Crippen molar-refractivity contribution in [2.45, 2.75) is 20.3 Å². The smallest absolute Gasteiger partial charge is 0.257 e. The maximum atomic E-state index is 11.7. The van der Waals surface area contributed by atoms with E-state index in [-0.39, 0.29) is 12.5 Å². The van der Waals surface area contributed by atoms with Crippen molar-refractivity contribution in [1.29, 1.82) is 0 Å². The maximum Gasteiger partial charge on any atom is 0.257 e. The third kappa shape index (κ3) is 4.35. The number of hydrogen-bond acceptors (Lipinski definition) is 4. The van der Waals surface area contributed by atoms with Crippen molar-refractivity contribution in [1.82, 2.24) is 10.3 Å². The third-order valence-electron chi connectivity index (χ3n) is 2.82. The monoisotopic (exact) mass is 290 g/mol. The number of nitrogens with one attached hydrogen (secondary N) is 1. The highest BCUT2D eigenvalue weighted by atomic mass is 32.1. The number of nitrogens with zero attached hydrogens (tertiary/aromatic N) is 1. The average Bonchev–Trinajstić information content (AvgIpc) is 2.83. The van der Waals surface area contributed by atoms with Crippen molar-refractivity contribution >= 4 is 17.2 Å². The number of thiazole rings is 1. The number of rotatable bonds is 6. The Morgan fingerprint density at radius 2 is 2.15 bits per heavy atom. The van der Waals surface area contributed by atoms with Gasteiger partial charge in [0.25, 0.3) is 5.91 Å². The number of hydrogen-bond donors (Lipinski definition) is 1. The largest absolute Gasteiger partial charge is 0.484 e. The number of para-hydroxylation sites is 1. The molecule has 0 aliphatic heterocycles. The van der Waals surface area contributed by atoms with Gasteiger partial charge in [0.2, 0.25) is 0 Å². The van der Waals surface area contributed by atoms with Crippen LogP contribution in [0.4, 0.5) is 0 Å². The van der Waals surface area contributed by atoms with Crippen molar-refractivity contribution in [3.8, 4) is 5.75 Å². The summed E-state index contributed by atoms with van der Waals surface area (Å²) in [5, 5.41) is 3.90. The number of carbonyl (C=O) groups is 1. The molecule has 0 aliphatic rings. The molecule has 0 fully saturated rings. The first kappa shape index (κ1) is 14.5. The van der Waals surface area contributed by atoms with Crippen LogP contribution < -0.4 is 10.1 Å². The van der Waals surface area contributed by atoms with Crippen LogP contribution in [0.15, 0.2) is 30.5 Å². The third-order valence-corrected chi connectivity index (χ3v) is 3.79. The zero-order chi connectivity index (χ0) is 14.4. The van der Waals surface area contributed by atoms with Crippen LogP contribution in [0.2, 0.25) is 0 Å². The molecule has 2 aromatic rings. The van der Waals surface area contributed by atoms with Crippen LogP contribution in [-0.2, 0) is 11.2 Å². The number of benzene rings is 1. The van der Waals surface area contributed by atoms with E-state index in [9.17, 15) is 4.79 Å². The van der Waals surface area contributed by atoms with E-state index in [0.29, 0.717) is 6.54 Å². The first-order chi connectivity index (χ1) is 9.65. The van der Waals surface area contributed by atoms with Crippen molar-refractivity contribution in [3.05, 3.63) is 45.9 Å². The number of aryl methyl sites for hydroxylation is 2. The molecule has 1 amide bonds. The Bertz CT molecular complexity index is 581. The Balaban J connectivity index is 1.69. The van der Waals surface area contributed by atoms with Gasteiger partial charge in [-0.25, -0.2) is 4.98 Å². The predicted molar refractivity (Wildman–Crippen MR) is 80.2 cm³/mol. The minimum absolute atomic E-state index is 0.0482. The van der Waals surface area contributed by atoms with Crippen LogP contribution in [0.5, 0.6) is 5.75 Å². The zero-order valence-electron chi connectivity index (χ0n) is 11.7. The van der Waals surface area contributed by atoms with E-state index >= 15 is 0 Å². The van der Waals surface area contributed by atoms with E-state index in [1.165, 1.54) is 4.88 Å². The van der Waals surface area contributed by atoms with Gasteiger partial charge in [0.15, 0.2) is 6.61 Å². The van der Waals surface area contributed by atoms with Gasteiger partial charge in [-0.1, -0.05) is 18.2 Å². The number of aromatic nitrogens is 1. The predicted octanol–water partition coefficient (Wildman–Crippen LogP) is 2.50. The molecule has 5 heteroatoms. The Morgan fingerprint density at radius 1 is 1.35 bits per heavy atom. The fraction of sp³-hybridized carbons (Fsp3) is 0.333. The molecule has 1 heterocycles. The lowest BCUT2D eigenvalue weighted by molar-refractivity contribution is -0.123. The Labute approximate surface area is 122 Å². The second kappa shape index (κ2) is 7.05. The van der Waals surface area contributed by atoms with Gasteiger partial charge in [0.1, 0.15) is 5.75 Å². The molecule has 20 heavy (non-hydrogen) atoms. The zero-order valence-corrected chi connectivity index (χ0v) is 12.5. The maximum absolute atomic E-state index is 11.7. The molecule has 106 valence electrons. The molecule has 0 atom stereocenters. The van der Waals surface area contributed by atoms with Crippen LogP contribution in [-0.4, -0.2) is 24.0 Å². The van der Waals surface area contributed by atoms with Gasteiger partial charge in [-0.2, -0.15) is 0 Å². The Kier molecular flexibility index (Phi) is 5.12. The number of ether oxygens (including phenoxy) is 1. The molecule has 1 N–H and O–H groups in total. The van der Waals surface area contributed by atoms with Crippen LogP contribution in [0.3, 0.4) is 0 Å². The first-order valence-electron chi connectivity index (χ1n) is 6.51. The summed E-state index contributed by atoms with van der Waals surface area (Å²) in [6, 6.07) is 7.66. The molecule has 2 rings (SSSR count). The van der Waals surface area contributed by atoms with Crippen molar-refractivity contribution in [2.24, 2.45) is 0 Å². The van der Waals surface area contributed by atoms with Crippen molar-refractivity contribution in [2.75, 3.05) is 13.2 Å². The van der Waals surface area contributed by atoms with Gasteiger partial charge in [0, 0.05) is 24.0 Å². The normalized spacial score (nSPS) is 10.3. The number of carbonyl (C=O) groups excluding carboxylic acids is 1. The molecule has 4 nitrogen and oxygen atoms in total. The minimum Gasteiger partial charge on any atom is -0.484 e. The molecule has 0 spiro atoms. The summed E-state index contributed by atoms with van der Waals surface area (Å²) >= 11 is 1.66. The molecular weight excluding hydrogens is 272 g/mol. The summed E-state index contributed by atoms with van der Waals surface area (Å²) in [7, 11) is 0. The average molecular weight is 290 g/mol. The van der Waals surface area contributed by atoms with Crippen molar-refractivity contribution in [3.63, 3.8) is 0 Å². The molecular formula is C15H18N2O2S. The highest BCUT2D eigenvalue weighted by molar-refractivity contribution is 7.11.